The molecule has 0 amide bonds. The summed E-state index contributed by atoms with van der Waals surface area (Å²) in [6, 6.07) is 50.5. The highest BCUT2D eigenvalue weighted by atomic mass is 16.4. The van der Waals surface area contributed by atoms with Crippen molar-refractivity contribution in [1.29, 1.82) is 0 Å². The van der Waals surface area contributed by atoms with Gasteiger partial charge in [0.05, 0.1) is 5.69 Å². The van der Waals surface area contributed by atoms with Crippen molar-refractivity contribution in [2.75, 3.05) is 4.90 Å². The number of rotatable bonds is 4. The molecule has 0 unspecified atom stereocenters. The smallest absolute Gasteiger partial charge is 0.227 e. The minimum absolute atomic E-state index is 0.189. The maximum atomic E-state index is 6.80. The van der Waals surface area contributed by atoms with E-state index in [1.54, 1.807) is 0 Å². The van der Waals surface area contributed by atoms with Crippen molar-refractivity contribution in [3.05, 3.63) is 157 Å². The highest BCUT2D eigenvalue weighted by molar-refractivity contribution is 6.18. The molecule has 0 spiro atoms. The van der Waals surface area contributed by atoms with Gasteiger partial charge in [0.2, 0.25) is 5.89 Å². The summed E-state index contributed by atoms with van der Waals surface area (Å²) in [5.74, 6) is 0.557. The van der Waals surface area contributed by atoms with Crippen LogP contribution >= 0.6 is 0 Å². The fraction of sp³-hybridized carbons (Fsp3) is 0.0652. The number of oxazole rings is 1. The van der Waals surface area contributed by atoms with E-state index in [-0.39, 0.29) is 5.41 Å². The van der Waals surface area contributed by atoms with Crippen LogP contribution in [0, 0.1) is 0 Å². The van der Waals surface area contributed by atoms with Crippen LogP contribution in [0.5, 0.6) is 0 Å². The van der Waals surface area contributed by atoms with Gasteiger partial charge in [-0.05, 0) is 76.9 Å². The lowest BCUT2D eigenvalue weighted by atomic mass is 9.82. The Kier molecular flexibility index (Phi) is 5.66. The van der Waals surface area contributed by atoms with E-state index in [1.165, 1.54) is 22.3 Å². The number of nitrogens with zero attached hydrogens (tertiary/aromatic N) is 2. The molecular weight excluding hydrogens is 629 g/mol. The van der Waals surface area contributed by atoms with E-state index >= 15 is 0 Å². The van der Waals surface area contributed by atoms with E-state index in [0.717, 1.165) is 66.5 Å². The lowest BCUT2D eigenvalue weighted by Gasteiger charge is -2.28. The van der Waals surface area contributed by atoms with Gasteiger partial charge in [-0.3, -0.25) is 0 Å². The van der Waals surface area contributed by atoms with Crippen molar-refractivity contribution in [2.24, 2.45) is 0 Å². The van der Waals surface area contributed by atoms with Crippen LogP contribution in [0.1, 0.15) is 25.0 Å². The number of hydrogen-bond acceptors (Lipinski definition) is 5. The molecule has 5 heteroatoms. The number of hydrogen-bond donors (Lipinski definition) is 0. The predicted molar refractivity (Wildman–Crippen MR) is 206 cm³/mol. The average molecular weight is 659 g/mol. The summed E-state index contributed by atoms with van der Waals surface area (Å²) in [6.45, 7) is 4.63. The van der Waals surface area contributed by atoms with Gasteiger partial charge < -0.3 is 18.2 Å². The monoisotopic (exact) mass is 658 g/mol. The Bertz CT molecular complexity index is 3020. The fourth-order valence-corrected chi connectivity index (χ4v) is 8.23. The van der Waals surface area contributed by atoms with Crippen LogP contribution in [0.2, 0.25) is 0 Å². The van der Waals surface area contributed by atoms with E-state index in [2.05, 4.69) is 104 Å². The van der Waals surface area contributed by atoms with Crippen LogP contribution < -0.4 is 4.90 Å². The van der Waals surface area contributed by atoms with Crippen LogP contribution in [-0.2, 0) is 5.41 Å². The summed E-state index contributed by atoms with van der Waals surface area (Å²) in [6.07, 6.45) is 0. The standard InChI is InChI=1S/C46H30N2O3/c1-46(2)36-17-9-6-14-30(36)31-22-20-28(24-37(31)46)48(29-21-23-34-32-15-7-10-18-38(32)49-40(34)25-29)43-42-41(51-45(47-42)27-12-4-3-5-13-27)26-35-33-16-8-11-19-39(33)50-44(35)43/h3-26H,1-2H3. The summed E-state index contributed by atoms with van der Waals surface area (Å²) < 4.78 is 19.9. The Balaban J connectivity index is 1.25. The SMILES string of the molecule is CC1(C)c2ccccc2-c2ccc(N(c3ccc4c(c3)oc3ccccc34)c3c4nc(-c5ccccc5)oc4cc4c3oc3ccccc34)cc21. The molecule has 3 aromatic heterocycles. The van der Waals surface area contributed by atoms with Gasteiger partial charge >= 0.3 is 0 Å². The normalized spacial score (nSPS) is 13.5. The third-order valence-corrected chi connectivity index (χ3v) is 10.7. The number of para-hydroxylation sites is 2. The zero-order chi connectivity index (χ0) is 33.8. The molecule has 0 bridgehead atoms. The maximum absolute atomic E-state index is 6.80. The lowest BCUT2D eigenvalue weighted by Crippen LogP contribution is -2.16. The third kappa shape index (κ3) is 4.00. The zero-order valence-corrected chi connectivity index (χ0v) is 28.0. The molecule has 242 valence electrons. The molecule has 7 aromatic carbocycles. The molecular formula is C46H30N2O3. The molecule has 0 fully saturated rings. The number of benzene rings is 7. The molecule has 0 N–H and O–H groups in total. The minimum Gasteiger partial charge on any atom is -0.456 e. The number of aromatic nitrogens is 1. The van der Waals surface area contributed by atoms with Gasteiger partial charge in [-0.25, -0.2) is 4.98 Å². The molecule has 0 radical (unpaired) electrons. The number of furan rings is 2. The number of anilines is 3. The second-order valence-electron chi connectivity index (χ2n) is 13.9. The van der Waals surface area contributed by atoms with Crippen molar-refractivity contribution in [3.63, 3.8) is 0 Å². The summed E-state index contributed by atoms with van der Waals surface area (Å²) >= 11 is 0. The van der Waals surface area contributed by atoms with Gasteiger partial charge in [0, 0.05) is 44.3 Å². The topological polar surface area (TPSA) is 55.6 Å². The molecule has 0 atom stereocenters. The first-order valence-corrected chi connectivity index (χ1v) is 17.3. The molecule has 0 aliphatic heterocycles. The van der Waals surface area contributed by atoms with Gasteiger partial charge in [-0.15, -0.1) is 0 Å². The molecule has 51 heavy (non-hydrogen) atoms. The molecule has 11 rings (SSSR count). The molecule has 0 saturated heterocycles. The quantitative estimate of drug-likeness (QED) is 0.188. The van der Waals surface area contributed by atoms with Gasteiger partial charge in [0.1, 0.15) is 28.0 Å². The van der Waals surface area contributed by atoms with Gasteiger partial charge in [0.25, 0.3) is 0 Å². The summed E-state index contributed by atoms with van der Waals surface area (Å²) in [5, 5.41) is 4.15. The van der Waals surface area contributed by atoms with Crippen molar-refractivity contribution >= 4 is 72.0 Å². The zero-order valence-electron chi connectivity index (χ0n) is 28.0. The van der Waals surface area contributed by atoms with Crippen LogP contribution in [0.15, 0.2) is 159 Å². The maximum Gasteiger partial charge on any atom is 0.227 e. The molecule has 0 saturated carbocycles. The fourth-order valence-electron chi connectivity index (χ4n) is 8.23. The van der Waals surface area contributed by atoms with Crippen LogP contribution in [0.4, 0.5) is 17.1 Å². The van der Waals surface area contributed by atoms with Crippen molar-refractivity contribution in [3.8, 4) is 22.6 Å². The highest BCUT2D eigenvalue weighted by Gasteiger charge is 2.36. The number of fused-ring (bicyclic) bond motifs is 10. The first-order chi connectivity index (χ1) is 25.0. The van der Waals surface area contributed by atoms with Crippen LogP contribution in [0.25, 0.3) is 77.6 Å². The van der Waals surface area contributed by atoms with E-state index in [9.17, 15) is 0 Å². The summed E-state index contributed by atoms with van der Waals surface area (Å²) in [5.41, 5.74) is 13.2. The second kappa shape index (κ2) is 10.2. The second-order valence-corrected chi connectivity index (χ2v) is 13.9. The van der Waals surface area contributed by atoms with Gasteiger partial charge in [0.15, 0.2) is 11.2 Å². The molecule has 5 nitrogen and oxygen atoms in total. The third-order valence-electron chi connectivity index (χ3n) is 10.7. The first-order valence-electron chi connectivity index (χ1n) is 17.3. The summed E-state index contributed by atoms with van der Waals surface area (Å²) in [4.78, 5) is 7.49. The van der Waals surface area contributed by atoms with Crippen molar-refractivity contribution in [2.45, 2.75) is 19.3 Å². The van der Waals surface area contributed by atoms with Gasteiger partial charge in [-0.2, -0.15) is 0 Å². The van der Waals surface area contributed by atoms with Crippen LogP contribution in [0.3, 0.4) is 0 Å². The van der Waals surface area contributed by atoms with E-state index in [1.807, 2.05) is 60.7 Å². The van der Waals surface area contributed by atoms with Crippen molar-refractivity contribution < 1.29 is 13.3 Å². The Morgan fingerprint density at radius 2 is 1.14 bits per heavy atom. The lowest BCUT2D eigenvalue weighted by molar-refractivity contribution is 0.620. The molecule has 10 aromatic rings. The summed E-state index contributed by atoms with van der Waals surface area (Å²) in [7, 11) is 0. The molecule has 1 aliphatic carbocycles. The molecule has 3 heterocycles. The Morgan fingerprint density at radius 1 is 0.490 bits per heavy atom. The van der Waals surface area contributed by atoms with E-state index in [0.29, 0.717) is 17.0 Å². The van der Waals surface area contributed by atoms with Crippen LogP contribution in [-0.4, -0.2) is 4.98 Å². The Morgan fingerprint density at radius 3 is 1.98 bits per heavy atom. The highest BCUT2D eigenvalue weighted by Crippen LogP contribution is 2.53. The van der Waals surface area contributed by atoms with E-state index < -0.39 is 0 Å². The first kappa shape index (κ1) is 28.3. The van der Waals surface area contributed by atoms with Gasteiger partial charge in [-0.1, -0.05) is 98.8 Å². The Labute approximate surface area is 293 Å². The Hall–Kier alpha value is -6.59. The minimum atomic E-state index is -0.189. The predicted octanol–water partition coefficient (Wildman–Crippen LogP) is 13.1. The van der Waals surface area contributed by atoms with Crippen molar-refractivity contribution in [1.82, 2.24) is 4.98 Å². The largest absolute Gasteiger partial charge is 0.456 e. The molecule has 1 aliphatic rings. The average Bonchev–Trinajstić information content (AvgIpc) is 3.92. The van der Waals surface area contributed by atoms with E-state index in [4.69, 9.17) is 18.2 Å².